The number of ether oxygens (including phenoxy) is 1. The number of hydroxylamine groups is 1. The molecule has 0 atom stereocenters. The van der Waals surface area contributed by atoms with E-state index >= 15 is 0 Å². The van der Waals surface area contributed by atoms with Crippen LogP contribution in [0.15, 0.2) is 18.2 Å². The van der Waals surface area contributed by atoms with Crippen molar-refractivity contribution in [1.82, 2.24) is 10.5 Å². The van der Waals surface area contributed by atoms with Crippen molar-refractivity contribution in [2.75, 3.05) is 7.11 Å². The number of methoxy groups -OCH3 is 1. The molecule has 0 aliphatic rings. The highest BCUT2D eigenvalue weighted by Crippen LogP contribution is 2.32. The van der Waals surface area contributed by atoms with Gasteiger partial charge in [-0.15, -0.1) is 0 Å². The standard InChI is InChI=1S/C12H11ClN2O3/c1-6-5-8(13)10-7(12(16)15-17)3-4-9(18-2)11(10)14-6/h3-5,17H,1-2H3,(H,15,16). The predicted molar refractivity (Wildman–Crippen MR) is 67.3 cm³/mol. The Balaban J connectivity index is 2.88. The lowest BCUT2D eigenvalue weighted by molar-refractivity contribution is 0.0708. The first kappa shape index (κ1) is 12.6. The molecule has 0 saturated heterocycles. The minimum Gasteiger partial charge on any atom is -0.494 e. The fraction of sp³-hybridized carbons (Fsp3) is 0.167. The van der Waals surface area contributed by atoms with Gasteiger partial charge in [-0.2, -0.15) is 0 Å². The minimum atomic E-state index is -0.643. The number of fused-ring (bicyclic) bond motifs is 1. The summed E-state index contributed by atoms with van der Waals surface area (Å²) in [5, 5.41) is 9.56. The Morgan fingerprint density at radius 1 is 1.50 bits per heavy atom. The van der Waals surface area contributed by atoms with Crippen molar-refractivity contribution in [3.63, 3.8) is 0 Å². The van der Waals surface area contributed by atoms with Crippen LogP contribution in [0.25, 0.3) is 10.9 Å². The van der Waals surface area contributed by atoms with Crippen molar-refractivity contribution in [3.05, 3.63) is 34.5 Å². The highest BCUT2D eigenvalue weighted by atomic mass is 35.5. The lowest BCUT2D eigenvalue weighted by Crippen LogP contribution is -2.19. The molecule has 1 aromatic heterocycles. The van der Waals surface area contributed by atoms with E-state index in [1.54, 1.807) is 24.5 Å². The second-order valence-electron chi connectivity index (χ2n) is 3.73. The van der Waals surface area contributed by atoms with Gasteiger partial charge >= 0.3 is 0 Å². The maximum absolute atomic E-state index is 11.6. The molecule has 1 heterocycles. The molecule has 0 saturated carbocycles. The van der Waals surface area contributed by atoms with Crippen LogP contribution in [0.2, 0.25) is 5.02 Å². The third kappa shape index (κ3) is 1.98. The van der Waals surface area contributed by atoms with E-state index in [9.17, 15) is 4.79 Å². The molecule has 94 valence electrons. The Kier molecular flexibility index (Phi) is 3.36. The van der Waals surface area contributed by atoms with E-state index in [1.807, 2.05) is 0 Å². The molecule has 0 fully saturated rings. The second kappa shape index (κ2) is 4.80. The topological polar surface area (TPSA) is 71.5 Å². The number of amides is 1. The third-order valence-corrected chi connectivity index (χ3v) is 2.87. The van der Waals surface area contributed by atoms with Gasteiger partial charge in [-0.25, -0.2) is 10.5 Å². The Morgan fingerprint density at radius 2 is 2.22 bits per heavy atom. The Labute approximate surface area is 108 Å². The second-order valence-corrected chi connectivity index (χ2v) is 4.13. The van der Waals surface area contributed by atoms with Gasteiger partial charge in [0.15, 0.2) is 0 Å². The largest absolute Gasteiger partial charge is 0.494 e. The van der Waals surface area contributed by atoms with Crippen molar-refractivity contribution >= 4 is 28.4 Å². The SMILES string of the molecule is COc1ccc(C(=O)NO)c2c(Cl)cc(C)nc12. The van der Waals surface area contributed by atoms with Crippen molar-refractivity contribution in [2.45, 2.75) is 6.92 Å². The summed E-state index contributed by atoms with van der Waals surface area (Å²) in [7, 11) is 1.51. The van der Waals surface area contributed by atoms with E-state index in [0.717, 1.165) is 0 Å². The van der Waals surface area contributed by atoms with E-state index in [4.69, 9.17) is 21.5 Å². The molecule has 1 amide bonds. The van der Waals surface area contributed by atoms with Gasteiger partial charge in [0.05, 0.1) is 17.7 Å². The summed E-state index contributed by atoms with van der Waals surface area (Å²) in [5.74, 6) is -0.125. The highest BCUT2D eigenvalue weighted by Gasteiger charge is 2.16. The van der Waals surface area contributed by atoms with Gasteiger partial charge in [0.25, 0.3) is 5.91 Å². The van der Waals surface area contributed by atoms with Crippen molar-refractivity contribution in [1.29, 1.82) is 0 Å². The van der Waals surface area contributed by atoms with E-state index < -0.39 is 5.91 Å². The molecule has 0 unspecified atom stereocenters. The molecule has 0 spiro atoms. The number of carbonyl (C=O) groups excluding carboxylic acids is 1. The number of aryl methyl sites for hydroxylation is 1. The van der Waals surface area contributed by atoms with Crippen LogP contribution in [-0.4, -0.2) is 23.2 Å². The summed E-state index contributed by atoms with van der Waals surface area (Å²) in [6.45, 7) is 1.80. The summed E-state index contributed by atoms with van der Waals surface area (Å²) in [6, 6.07) is 4.78. The monoisotopic (exact) mass is 266 g/mol. The molecule has 6 heteroatoms. The molecule has 2 N–H and O–H groups in total. The number of benzene rings is 1. The molecule has 5 nitrogen and oxygen atoms in total. The number of pyridine rings is 1. The molecule has 2 aromatic rings. The average molecular weight is 267 g/mol. The number of carbonyl (C=O) groups is 1. The number of nitrogens with one attached hydrogen (secondary N) is 1. The van der Waals surface area contributed by atoms with E-state index in [1.165, 1.54) is 13.2 Å². The van der Waals surface area contributed by atoms with Gasteiger partial charge in [0.2, 0.25) is 0 Å². The summed E-state index contributed by atoms with van der Waals surface area (Å²) in [5.41, 5.74) is 3.03. The quantitative estimate of drug-likeness (QED) is 0.646. The summed E-state index contributed by atoms with van der Waals surface area (Å²) in [6.07, 6.45) is 0. The number of halogens is 1. The zero-order valence-corrected chi connectivity index (χ0v) is 10.6. The van der Waals surface area contributed by atoms with Crippen LogP contribution in [0.1, 0.15) is 16.1 Å². The molecule has 0 aliphatic heterocycles. The molecule has 18 heavy (non-hydrogen) atoms. The highest BCUT2D eigenvalue weighted by molar-refractivity contribution is 6.37. The van der Waals surface area contributed by atoms with Crippen LogP contribution in [0, 0.1) is 6.92 Å². The Bertz CT molecular complexity index is 628. The van der Waals surface area contributed by atoms with Crippen LogP contribution in [0.4, 0.5) is 0 Å². The van der Waals surface area contributed by atoms with Crippen LogP contribution < -0.4 is 10.2 Å². The van der Waals surface area contributed by atoms with Gasteiger partial charge in [-0.3, -0.25) is 10.0 Å². The predicted octanol–water partition coefficient (Wildman–Crippen LogP) is 2.32. The molecule has 0 radical (unpaired) electrons. The summed E-state index contributed by atoms with van der Waals surface area (Å²) < 4.78 is 5.19. The number of nitrogens with zero attached hydrogens (tertiary/aromatic N) is 1. The average Bonchev–Trinajstić information content (AvgIpc) is 2.36. The first-order valence-corrected chi connectivity index (χ1v) is 5.54. The Hall–Kier alpha value is -1.85. The number of rotatable bonds is 2. The fourth-order valence-electron chi connectivity index (χ4n) is 1.80. The van der Waals surface area contributed by atoms with Gasteiger partial charge in [0, 0.05) is 11.1 Å². The molecular formula is C12H11ClN2O3. The first-order chi connectivity index (χ1) is 8.58. The molecule has 1 aromatic carbocycles. The minimum absolute atomic E-state index is 0.241. The van der Waals surface area contributed by atoms with Crippen molar-refractivity contribution in [2.24, 2.45) is 0 Å². The summed E-state index contributed by atoms with van der Waals surface area (Å²) >= 11 is 6.14. The zero-order chi connectivity index (χ0) is 13.3. The van der Waals surface area contributed by atoms with Gasteiger partial charge < -0.3 is 4.74 Å². The smallest absolute Gasteiger partial charge is 0.275 e. The van der Waals surface area contributed by atoms with Crippen LogP contribution in [0.3, 0.4) is 0 Å². The van der Waals surface area contributed by atoms with Crippen molar-refractivity contribution < 1.29 is 14.7 Å². The fourth-order valence-corrected chi connectivity index (χ4v) is 2.15. The van der Waals surface area contributed by atoms with Gasteiger partial charge in [0.1, 0.15) is 11.3 Å². The zero-order valence-electron chi connectivity index (χ0n) is 9.82. The van der Waals surface area contributed by atoms with E-state index in [2.05, 4.69) is 4.98 Å². The Morgan fingerprint density at radius 3 is 2.83 bits per heavy atom. The van der Waals surface area contributed by atoms with Gasteiger partial charge in [-0.1, -0.05) is 11.6 Å². The first-order valence-electron chi connectivity index (χ1n) is 5.16. The van der Waals surface area contributed by atoms with Gasteiger partial charge in [-0.05, 0) is 25.1 Å². The number of hydrogen-bond donors (Lipinski definition) is 2. The lowest BCUT2D eigenvalue weighted by Gasteiger charge is -2.10. The molecular weight excluding hydrogens is 256 g/mol. The van der Waals surface area contributed by atoms with E-state index in [0.29, 0.717) is 27.4 Å². The molecule has 2 rings (SSSR count). The van der Waals surface area contributed by atoms with E-state index in [-0.39, 0.29) is 5.56 Å². The van der Waals surface area contributed by atoms with Crippen LogP contribution in [-0.2, 0) is 0 Å². The van der Waals surface area contributed by atoms with Crippen LogP contribution in [0.5, 0.6) is 5.75 Å². The molecule has 0 bridgehead atoms. The number of aromatic nitrogens is 1. The molecule has 0 aliphatic carbocycles. The third-order valence-electron chi connectivity index (χ3n) is 2.57. The van der Waals surface area contributed by atoms with Crippen molar-refractivity contribution in [3.8, 4) is 5.75 Å². The normalized spacial score (nSPS) is 10.4. The lowest BCUT2D eigenvalue weighted by atomic mass is 10.1. The maximum Gasteiger partial charge on any atom is 0.275 e. The number of hydrogen-bond acceptors (Lipinski definition) is 4. The maximum atomic E-state index is 11.6. The van der Waals surface area contributed by atoms with Crippen LogP contribution >= 0.6 is 11.6 Å². The summed E-state index contributed by atoms with van der Waals surface area (Å²) in [4.78, 5) is 15.9.